The van der Waals surface area contributed by atoms with E-state index in [1.807, 2.05) is 112 Å². The Morgan fingerprint density at radius 3 is 1.84 bits per heavy atom. The van der Waals surface area contributed by atoms with Gasteiger partial charge in [0, 0.05) is 56.7 Å². The Morgan fingerprint density at radius 1 is 0.696 bits per heavy atom. The van der Waals surface area contributed by atoms with Crippen molar-refractivity contribution < 1.29 is 38.6 Å². The predicted octanol–water partition coefficient (Wildman–Crippen LogP) is 8.08. The van der Waals surface area contributed by atoms with Crippen molar-refractivity contribution >= 4 is 58.1 Å². The molecule has 3 N–H and O–H groups in total. The third-order valence-corrected chi connectivity index (χ3v) is 18.8. The minimum absolute atomic E-state index is 0.0169. The molecule has 79 heavy (non-hydrogen) atoms. The van der Waals surface area contributed by atoms with Crippen molar-refractivity contribution in [1.29, 1.82) is 0 Å². The molecule has 6 heterocycles. The van der Waals surface area contributed by atoms with Crippen LogP contribution in [0.4, 0.5) is 0 Å². The summed E-state index contributed by atoms with van der Waals surface area (Å²) in [6, 6.07) is 25.1. The second-order valence-corrected chi connectivity index (χ2v) is 23.6. The van der Waals surface area contributed by atoms with Gasteiger partial charge in [-0.15, -0.1) is 22.7 Å². The van der Waals surface area contributed by atoms with Gasteiger partial charge >= 0.3 is 0 Å². The van der Waals surface area contributed by atoms with Crippen LogP contribution in [0.2, 0.25) is 0 Å². The van der Waals surface area contributed by atoms with Gasteiger partial charge in [-0.05, 0) is 90.1 Å². The van der Waals surface area contributed by atoms with Crippen LogP contribution in [0.15, 0.2) is 102 Å². The molecule has 4 aliphatic heterocycles. The molecule has 0 bridgehead atoms. The van der Waals surface area contributed by atoms with Crippen LogP contribution in [-0.2, 0) is 45.4 Å². The molecule has 1 aliphatic carbocycles. The summed E-state index contributed by atoms with van der Waals surface area (Å²) < 4.78 is 6.67. The van der Waals surface area contributed by atoms with E-state index in [0.717, 1.165) is 80.2 Å². The summed E-state index contributed by atoms with van der Waals surface area (Å²) in [4.78, 5) is 104. The standard InChI is InChI=1S/C61H66N8O8S2/c1-5-35(2)52(68-29-43-12-8-9-13-48(43)58(68)73)60(75)67-32-47(26-51(67)57(72)63-28-39-16-20-42(21-17-39)55-37(4)65-34-79-55)77-46-23-22-44-30-69(59(74)49(44)25-46)53(40-10-6-7-11-40)61(76)66-31-45(70)24-50(66)56(71)62-27-38-14-18-41(19-15-38)54-36(3)64-33-78-54/h8-9,12-23,25,33-35,40,45,47,50-53,70H,5-7,10-11,24,26-32H2,1-4H3,(H,62,71)(H,63,72)/t35-,45+,47+,50-,51-,52-,53-/m0/s1. The van der Waals surface area contributed by atoms with Crippen LogP contribution in [-0.4, -0.2) is 120 Å². The number of rotatable bonds is 17. The zero-order valence-corrected chi connectivity index (χ0v) is 46.6. The molecular formula is C61H66N8O8S2. The van der Waals surface area contributed by atoms with E-state index in [2.05, 4.69) is 20.6 Å². The molecule has 6 aromatic rings. The molecule has 1 saturated carbocycles. The van der Waals surface area contributed by atoms with Gasteiger partial charge in [-0.25, -0.2) is 9.97 Å². The molecule has 18 heteroatoms. The van der Waals surface area contributed by atoms with E-state index in [1.54, 1.807) is 55.6 Å². The zero-order valence-electron chi connectivity index (χ0n) is 44.9. The number of nitrogens with one attached hydrogen (secondary N) is 2. The molecule has 0 spiro atoms. The minimum atomic E-state index is -0.923. The molecule has 6 amide bonds. The zero-order chi connectivity index (χ0) is 55.1. The SMILES string of the molecule is CC[C@H](C)[C@@H](C(=O)N1C[C@H](Oc2ccc3c(c2)C(=O)N([C@H](C(=O)N2C[C@H](O)C[C@H]2C(=O)NCc2ccc(-c4scnc4C)cc2)C2CCCC2)C3)C[C@H]1C(=O)NCc1ccc(-c2scnc2C)cc1)N1Cc2ccccc2C1=O. The Hall–Kier alpha value is -7.28. The number of aliphatic hydroxyl groups is 1. The molecule has 16 nitrogen and oxygen atoms in total. The van der Waals surface area contributed by atoms with E-state index in [4.69, 9.17) is 4.74 Å². The average molecular weight is 1100 g/mol. The van der Waals surface area contributed by atoms with Gasteiger partial charge in [-0.2, -0.15) is 0 Å². The Kier molecular flexibility index (Phi) is 15.5. The second-order valence-electron chi connectivity index (χ2n) is 21.9. The first-order chi connectivity index (χ1) is 38.2. The van der Waals surface area contributed by atoms with Gasteiger partial charge in [0.2, 0.25) is 23.6 Å². The number of hydrogen-bond donors (Lipinski definition) is 3. The van der Waals surface area contributed by atoms with Gasteiger partial charge in [0.1, 0.15) is 36.0 Å². The number of fused-ring (bicyclic) bond motifs is 2. The van der Waals surface area contributed by atoms with Crippen LogP contribution in [0, 0.1) is 25.7 Å². The average Bonchev–Trinajstić information content (AvgIpc) is 4.44. The lowest BCUT2D eigenvalue weighted by Crippen LogP contribution is -2.55. The highest BCUT2D eigenvalue weighted by Crippen LogP contribution is 2.39. The summed E-state index contributed by atoms with van der Waals surface area (Å²) in [5, 5.41) is 17.1. The largest absolute Gasteiger partial charge is 0.488 e. The summed E-state index contributed by atoms with van der Waals surface area (Å²) in [7, 11) is 0. The summed E-state index contributed by atoms with van der Waals surface area (Å²) in [6.45, 7) is 8.88. The van der Waals surface area contributed by atoms with Crippen molar-refractivity contribution in [3.63, 3.8) is 0 Å². The van der Waals surface area contributed by atoms with Gasteiger partial charge in [0.25, 0.3) is 11.8 Å². The van der Waals surface area contributed by atoms with Gasteiger partial charge in [-0.1, -0.05) is 106 Å². The summed E-state index contributed by atoms with van der Waals surface area (Å²) in [6.07, 6.45) is 2.63. The van der Waals surface area contributed by atoms with Crippen LogP contribution in [0.25, 0.3) is 20.9 Å². The third-order valence-electron chi connectivity index (χ3n) is 16.8. The monoisotopic (exact) mass is 1100 g/mol. The number of aryl methyl sites for hydroxylation is 2. The molecule has 11 rings (SSSR count). The molecule has 5 aliphatic rings. The molecule has 410 valence electrons. The van der Waals surface area contributed by atoms with Crippen molar-refractivity contribution in [3.05, 3.63) is 147 Å². The minimum Gasteiger partial charge on any atom is -0.488 e. The molecular weight excluding hydrogens is 1040 g/mol. The van der Waals surface area contributed by atoms with Crippen molar-refractivity contribution in [2.45, 2.75) is 135 Å². The summed E-state index contributed by atoms with van der Waals surface area (Å²) in [5.74, 6) is -1.90. The smallest absolute Gasteiger partial charge is 0.255 e. The topological polar surface area (TPSA) is 195 Å². The normalized spacial score (nSPS) is 21.1. The lowest BCUT2D eigenvalue weighted by atomic mass is 9.94. The van der Waals surface area contributed by atoms with Crippen LogP contribution >= 0.6 is 22.7 Å². The lowest BCUT2D eigenvalue weighted by molar-refractivity contribution is -0.143. The highest BCUT2D eigenvalue weighted by molar-refractivity contribution is 7.13. The number of thiazole rings is 2. The number of hydrogen-bond acceptors (Lipinski definition) is 12. The van der Waals surface area contributed by atoms with E-state index in [-0.39, 0.29) is 99.4 Å². The Bertz CT molecular complexity index is 3280. The van der Waals surface area contributed by atoms with Crippen molar-refractivity contribution in [2.75, 3.05) is 13.1 Å². The molecule has 4 aromatic carbocycles. The third kappa shape index (κ3) is 10.8. The Labute approximate surface area is 468 Å². The fourth-order valence-corrected chi connectivity index (χ4v) is 14.0. The maximum absolute atomic E-state index is 15.1. The number of ether oxygens (including phenoxy) is 1. The number of nitrogens with zero attached hydrogens (tertiary/aromatic N) is 6. The van der Waals surface area contributed by atoms with Crippen molar-refractivity contribution in [1.82, 2.24) is 40.2 Å². The molecule has 2 aromatic heterocycles. The number of benzene rings is 4. The van der Waals surface area contributed by atoms with Crippen molar-refractivity contribution in [2.24, 2.45) is 11.8 Å². The van der Waals surface area contributed by atoms with E-state index in [0.29, 0.717) is 23.3 Å². The molecule has 0 radical (unpaired) electrons. The fraction of sp³-hybridized carbons (Fsp3) is 0.410. The molecule has 0 unspecified atom stereocenters. The number of carbonyl (C=O) groups is 6. The molecule has 2 saturated heterocycles. The number of likely N-dealkylation sites (tertiary alicyclic amines) is 2. The summed E-state index contributed by atoms with van der Waals surface area (Å²) >= 11 is 3.14. The Morgan fingerprint density at radius 2 is 1.25 bits per heavy atom. The first-order valence-corrected chi connectivity index (χ1v) is 29.3. The number of carbonyl (C=O) groups excluding carboxylic acids is 6. The fourth-order valence-electron chi connectivity index (χ4n) is 12.4. The maximum atomic E-state index is 15.1. The van der Waals surface area contributed by atoms with E-state index >= 15 is 4.79 Å². The number of aliphatic hydroxyl groups excluding tert-OH is 1. The number of aromatic nitrogens is 2. The quantitative estimate of drug-likeness (QED) is 0.0804. The van der Waals surface area contributed by atoms with Crippen molar-refractivity contribution in [3.8, 4) is 26.6 Å². The van der Waals surface area contributed by atoms with Crippen LogP contribution in [0.1, 0.15) is 113 Å². The molecule has 3 fully saturated rings. The van der Waals surface area contributed by atoms with Crippen LogP contribution < -0.4 is 15.4 Å². The van der Waals surface area contributed by atoms with Gasteiger partial charge in [0.05, 0.1) is 44.8 Å². The maximum Gasteiger partial charge on any atom is 0.255 e. The van der Waals surface area contributed by atoms with E-state index in [1.165, 1.54) is 4.90 Å². The highest BCUT2D eigenvalue weighted by Gasteiger charge is 2.50. The van der Waals surface area contributed by atoms with Gasteiger partial charge in [0.15, 0.2) is 0 Å². The van der Waals surface area contributed by atoms with Crippen LogP contribution in [0.3, 0.4) is 0 Å². The van der Waals surface area contributed by atoms with Crippen LogP contribution in [0.5, 0.6) is 5.75 Å². The first kappa shape index (κ1) is 53.7. The lowest BCUT2D eigenvalue weighted by Gasteiger charge is -2.36. The second kappa shape index (κ2) is 22.8. The Balaban J connectivity index is 0.797. The first-order valence-electron chi connectivity index (χ1n) is 27.6. The molecule has 7 atom stereocenters. The predicted molar refractivity (Wildman–Crippen MR) is 301 cm³/mol. The van der Waals surface area contributed by atoms with E-state index < -0.39 is 36.4 Å². The van der Waals surface area contributed by atoms with Gasteiger partial charge < -0.3 is 40.1 Å². The van der Waals surface area contributed by atoms with Gasteiger partial charge in [-0.3, -0.25) is 28.8 Å². The number of amides is 6. The summed E-state index contributed by atoms with van der Waals surface area (Å²) in [5.41, 5.74) is 11.9. The van der Waals surface area contributed by atoms with E-state index in [9.17, 15) is 29.1 Å². The number of β-amino-alcohol motifs (C(OH)–C–C–N with tert-alkyl or cyclic N) is 1. The highest BCUT2D eigenvalue weighted by atomic mass is 32.1.